The second kappa shape index (κ2) is 11.8. The van der Waals surface area contributed by atoms with E-state index in [2.05, 4.69) is 0 Å². The summed E-state index contributed by atoms with van der Waals surface area (Å²) >= 11 is 0. The molecule has 0 aliphatic heterocycles. The van der Waals surface area contributed by atoms with Crippen LogP contribution in [0.15, 0.2) is 0 Å². The zero-order valence-electron chi connectivity index (χ0n) is 5.77. The summed E-state index contributed by atoms with van der Waals surface area (Å²) in [4.78, 5) is 68.6. The zero-order valence-corrected chi connectivity index (χ0v) is 11.2. The molecule has 0 radical (unpaired) electrons. The molecule has 0 fully saturated rings. The van der Waals surface area contributed by atoms with Crippen molar-refractivity contribution in [2.75, 3.05) is 0 Å². The Bertz CT molecular complexity index is 63.1. The maximum atomic E-state index is 8.58. The molecule has 13 heavy (non-hydrogen) atoms. The number of hydrogen-bond acceptors (Lipinski definition) is 8. The van der Waals surface area contributed by atoms with Gasteiger partial charge < -0.3 is 56.5 Å². The molecule has 0 unspecified atom stereocenters. The van der Waals surface area contributed by atoms with Crippen molar-refractivity contribution in [1.29, 1.82) is 0 Å². The van der Waals surface area contributed by atoms with Crippen LogP contribution < -0.4 is 38.4 Å². The van der Waals surface area contributed by atoms with Crippen molar-refractivity contribution < 1.29 is 55.4 Å². The summed E-state index contributed by atoms with van der Waals surface area (Å²) in [6.45, 7) is 0. The first-order valence-corrected chi connectivity index (χ1v) is 4.90. The van der Waals surface area contributed by atoms with Crippen molar-refractivity contribution in [2.24, 2.45) is 0 Å². The summed E-state index contributed by atoms with van der Waals surface area (Å²) in [5, 5.41) is 0. The molecule has 0 N–H and O–H groups in total. The van der Waals surface area contributed by atoms with E-state index in [0.29, 0.717) is 0 Å². The maximum Gasteiger partial charge on any atom is 3.00 e. The van der Waals surface area contributed by atoms with Gasteiger partial charge in [0.1, 0.15) is 0 Å². The van der Waals surface area contributed by atoms with Gasteiger partial charge in [0, 0.05) is 0 Å². The largest absolute Gasteiger partial charge is 3.00 e. The van der Waals surface area contributed by atoms with E-state index in [0.717, 1.165) is 0 Å². The Morgan fingerprint density at radius 3 is 0.462 bits per heavy atom. The third-order valence-electron chi connectivity index (χ3n) is 0. The first kappa shape index (κ1) is 29.3. The van der Waals surface area contributed by atoms with Gasteiger partial charge in [0.2, 0.25) is 0 Å². The maximum absolute atomic E-state index is 8.58. The normalized spacial score (nSPS) is 9.23. The van der Waals surface area contributed by atoms with Crippen LogP contribution in [0.25, 0.3) is 0 Å². The third kappa shape index (κ3) is 650. The molecule has 8 nitrogen and oxygen atoms in total. The molecular weight excluding hydrogens is 294 g/mol. The fourth-order valence-corrected chi connectivity index (χ4v) is 0. The number of rotatable bonds is 0. The topological polar surface area (TPSA) is 184 Å². The SMILES string of the molecule is [Al+3].[Al+3].[Fe+2].[O-][Si]([O-])([O-])[O-].[O-][Si]([O-])([O-])[O-]. The molecule has 0 spiro atoms. The molecule has 0 amide bonds. The van der Waals surface area contributed by atoms with Crippen LogP contribution in [0.4, 0.5) is 0 Å². The van der Waals surface area contributed by atoms with E-state index in [1.54, 1.807) is 0 Å². The smallest absolute Gasteiger partial charge is 0.894 e. The predicted octanol–water partition coefficient (Wildman–Crippen LogP) is -11.0. The summed E-state index contributed by atoms with van der Waals surface area (Å²) in [5.74, 6) is 0. The van der Waals surface area contributed by atoms with Crippen LogP contribution in [0.5, 0.6) is 0 Å². The minimum atomic E-state index is -5.61. The monoisotopic (exact) mass is 294 g/mol. The summed E-state index contributed by atoms with van der Waals surface area (Å²) in [7, 11) is -11.2. The van der Waals surface area contributed by atoms with Crippen LogP contribution in [-0.2, 0) is 17.1 Å². The first-order chi connectivity index (χ1) is 4.00. The van der Waals surface area contributed by atoms with E-state index in [1.165, 1.54) is 0 Å². The second-order valence-corrected chi connectivity index (χ2v) is 3.00. The van der Waals surface area contributed by atoms with Gasteiger partial charge in [-0.2, -0.15) is 0 Å². The van der Waals surface area contributed by atoms with E-state index in [4.69, 9.17) is 38.4 Å². The fourth-order valence-electron chi connectivity index (χ4n) is 0. The Hall–Kier alpha value is 1.70. The Morgan fingerprint density at radius 1 is 0.462 bits per heavy atom. The molecule has 0 saturated carbocycles. The van der Waals surface area contributed by atoms with Crippen LogP contribution in [-0.4, -0.2) is 52.8 Å². The molecular formula is Al2FeO8Si2. The predicted molar refractivity (Wildman–Crippen MR) is 23.0 cm³/mol. The minimum absolute atomic E-state index is 0. The molecule has 0 atom stereocenters. The van der Waals surface area contributed by atoms with Crippen molar-refractivity contribution in [1.82, 2.24) is 0 Å². The van der Waals surface area contributed by atoms with Crippen molar-refractivity contribution in [3.63, 3.8) is 0 Å². The van der Waals surface area contributed by atoms with Gasteiger partial charge in [0.05, 0.1) is 0 Å². The average molecular weight is 294 g/mol. The van der Waals surface area contributed by atoms with Gasteiger partial charge in [-0.15, -0.1) is 0 Å². The average Bonchev–Trinajstić information content (AvgIpc) is 1.12. The minimum Gasteiger partial charge on any atom is -0.894 e. The van der Waals surface area contributed by atoms with Gasteiger partial charge in [-0.05, 0) is 0 Å². The Kier molecular flexibility index (Phi) is 26.6. The van der Waals surface area contributed by atoms with Crippen LogP contribution >= 0.6 is 0 Å². The van der Waals surface area contributed by atoms with Crippen molar-refractivity contribution >= 4 is 52.8 Å². The van der Waals surface area contributed by atoms with Gasteiger partial charge in [-0.25, -0.2) is 0 Å². The molecule has 0 bridgehead atoms. The van der Waals surface area contributed by atoms with Gasteiger partial charge in [0.25, 0.3) is 0 Å². The standard InChI is InChI=1S/2Al.Fe.2O4Si/c;;;2*1-5(2,3)4/q2*+3;+2;2*-4. The molecule has 0 rings (SSSR count). The molecule has 0 aromatic rings. The molecule has 70 valence electrons. The molecule has 0 saturated heterocycles. The van der Waals surface area contributed by atoms with Crippen molar-refractivity contribution in [3.05, 3.63) is 0 Å². The van der Waals surface area contributed by atoms with E-state index in [1.807, 2.05) is 0 Å². The summed E-state index contributed by atoms with van der Waals surface area (Å²) < 4.78 is 0. The quantitative estimate of drug-likeness (QED) is 0.394. The molecule has 0 heterocycles. The molecule has 13 heteroatoms. The van der Waals surface area contributed by atoms with Gasteiger partial charge >= 0.3 is 51.8 Å². The zero-order chi connectivity index (χ0) is 9.00. The second-order valence-electron chi connectivity index (χ2n) is 1.00. The fraction of sp³-hybridized carbons (Fsp3) is 0. The molecule has 0 aromatic heterocycles. The molecule has 0 aliphatic rings. The molecule has 0 aromatic carbocycles. The Morgan fingerprint density at radius 2 is 0.462 bits per heavy atom. The number of hydrogen-bond donors (Lipinski definition) is 0. The van der Waals surface area contributed by atoms with E-state index in [9.17, 15) is 0 Å². The van der Waals surface area contributed by atoms with Crippen LogP contribution in [0.3, 0.4) is 0 Å². The van der Waals surface area contributed by atoms with Crippen LogP contribution in [0.1, 0.15) is 0 Å². The van der Waals surface area contributed by atoms with E-state index < -0.39 is 18.1 Å². The summed E-state index contributed by atoms with van der Waals surface area (Å²) in [6.07, 6.45) is 0. The van der Waals surface area contributed by atoms with Crippen molar-refractivity contribution in [2.45, 2.75) is 0 Å². The van der Waals surface area contributed by atoms with Crippen LogP contribution in [0.2, 0.25) is 0 Å². The van der Waals surface area contributed by atoms with E-state index >= 15 is 0 Å². The van der Waals surface area contributed by atoms with Crippen molar-refractivity contribution in [3.8, 4) is 0 Å². The van der Waals surface area contributed by atoms with Gasteiger partial charge in [-0.3, -0.25) is 0 Å². The Balaban J connectivity index is -0.0000000267. The summed E-state index contributed by atoms with van der Waals surface area (Å²) in [6, 6.07) is 0. The van der Waals surface area contributed by atoms with E-state index in [-0.39, 0.29) is 51.8 Å². The van der Waals surface area contributed by atoms with Gasteiger partial charge in [0.15, 0.2) is 0 Å². The molecule has 0 aliphatic carbocycles. The third-order valence-corrected chi connectivity index (χ3v) is 0. The summed E-state index contributed by atoms with van der Waals surface area (Å²) in [5.41, 5.74) is 0. The Labute approximate surface area is 108 Å². The first-order valence-electron chi connectivity index (χ1n) is 1.63. The van der Waals surface area contributed by atoms with Crippen LogP contribution in [0, 0.1) is 0 Å². The van der Waals surface area contributed by atoms with Gasteiger partial charge in [-0.1, -0.05) is 0 Å².